The first-order valence-electron chi connectivity index (χ1n) is 10.8. The van der Waals surface area contributed by atoms with E-state index >= 15 is 0 Å². The van der Waals surface area contributed by atoms with Gasteiger partial charge in [-0.25, -0.2) is 9.59 Å². The molecule has 1 aliphatic rings. The normalized spacial score (nSPS) is 19.5. The van der Waals surface area contributed by atoms with Gasteiger partial charge in [0.2, 0.25) is 0 Å². The molecule has 0 aromatic heterocycles. The molecule has 1 aliphatic heterocycles. The van der Waals surface area contributed by atoms with Crippen LogP contribution in [0.4, 0.5) is 4.79 Å². The molecule has 1 aromatic rings. The van der Waals surface area contributed by atoms with E-state index in [1.165, 1.54) is 0 Å². The van der Waals surface area contributed by atoms with Crippen molar-refractivity contribution in [1.29, 1.82) is 0 Å². The van der Waals surface area contributed by atoms with Gasteiger partial charge in [0.25, 0.3) is 0 Å². The van der Waals surface area contributed by atoms with Crippen LogP contribution in [0.15, 0.2) is 24.3 Å². The predicted molar refractivity (Wildman–Crippen MR) is 117 cm³/mol. The number of likely N-dealkylation sites (tertiary alicyclic amines) is 1. The van der Waals surface area contributed by atoms with Crippen LogP contribution in [-0.2, 0) is 19.0 Å². The summed E-state index contributed by atoms with van der Waals surface area (Å²) in [6.07, 6.45) is 0.0847. The van der Waals surface area contributed by atoms with Gasteiger partial charge in [0, 0.05) is 19.0 Å². The molecule has 0 radical (unpaired) electrons. The first-order valence-corrected chi connectivity index (χ1v) is 10.8. The third-order valence-electron chi connectivity index (χ3n) is 4.83. The van der Waals surface area contributed by atoms with E-state index in [0.717, 1.165) is 5.56 Å². The summed E-state index contributed by atoms with van der Waals surface area (Å²) in [7, 11) is 0. The van der Waals surface area contributed by atoms with Crippen molar-refractivity contribution in [3.8, 4) is 0 Å². The average molecular weight is 434 g/mol. The van der Waals surface area contributed by atoms with E-state index < -0.39 is 23.3 Å². The molecule has 7 heteroatoms. The highest BCUT2D eigenvalue weighted by Crippen LogP contribution is 2.34. The number of rotatable bonds is 4. The lowest BCUT2D eigenvalue weighted by atomic mass is 9.80. The maximum Gasteiger partial charge on any atom is 0.410 e. The summed E-state index contributed by atoms with van der Waals surface area (Å²) >= 11 is 0. The molecule has 0 spiro atoms. The van der Waals surface area contributed by atoms with Gasteiger partial charge in [-0.3, -0.25) is 4.79 Å². The molecule has 31 heavy (non-hydrogen) atoms. The van der Waals surface area contributed by atoms with Crippen molar-refractivity contribution in [2.24, 2.45) is 5.92 Å². The van der Waals surface area contributed by atoms with Crippen molar-refractivity contribution in [1.82, 2.24) is 4.90 Å². The second-order valence-corrected chi connectivity index (χ2v) is 9.80. The van der Waals surface area contributed by atoms with E-state index in [4.69, 9.17) is 14.2 Å². The molecule has 2 rings (SSSR count). The van der Waals surface area contributed by atoms with E-state index in [0.29, 0.717) is 31.7 Å². The number of esters is 2. The highest BCUT2D eigenvalue weighted by Gasteiger charge is 2.38. The summed E-state index contributed by atoms with van der Waals surface area (Å²) < 4.78 is 16.2. The van der Waals surface area contributed by atoms with E-state index in [1.54, 1.807) is 24.0 Å². The summed E-state index contributed by atoms with van der Waals surface area (Å²) in [5.41, 5.74) is 0.117. The minimum absolute atomic E-state index is 0.256. The van der Waals surface area contributed by atoms with E-state index in [9.17, 15) is 14.4 Å². The molecule has 2 unspecified atom stereocenters. The average Bonchev–Trinajstić information content (AvgIpc) is 2.65. The van der Waals surface area contributed by atoms with Crippen LogP contribution in [-0.4, -0.2) is 53.8 Å². The number of piperidine rings is 1. The number of hydrogen-bond donors (Lipinski definition) is 0. The molecule has 0 N–H and O–H groups in total. The van der Waals surface area contributed by atoms with Gasteiger partial charge in [-0.15, -0.1) is 0 Å². The molecular weight excluding hydrogens is 398 g/mol. The van der Waals surface area contributed by atoms with Crippen LogP contribution >= 0.6 is 0 Å². The molecule has 2 atom stereocenters. The van der Waals surface area contributed by atoms with Crippen molar-refractivity contribution in [2.75, 3.05) is 19.7 Å². The lowest BCUT2D eigenvalue weighted by Crippen LogP contribution is -2.47. The smallest absolute Gasteiger partial charge is 0.410 e. The summed E-state index contributed by atoms with van der Waals surface area (Å²) in [4.78, 5) is 39.1. The van der Waals surface area contributed by atoms with Gasteiger partial charge in [-0.05, 0) is 72.6 Å². The van der Waals surface area contributed by atoms with Crippen molar-refractivity contribution in [3.63, 3.8) is 0 Å². The monoisotopic (exact) mass is 433 g/mol. The Morgan fingerprint density at radius 2 is 1.55 bits per heavy atom. The Hall–Kier alpha value is -2.57. The van der Waals surface area contributed by atoms with E-state index in [-0.39, 0.29) is 17.8 Å². The van der Waals surface area contributed by atoms with Crippen molar-refractivity contribution < 1.29 is 28.6 Å². The Morgan fingerprint density at radius 3 is 2.06 bits per heavy atom. The van der Waals surface area contributed by atoms with Crippen LogP contribution in [0.25, 0.3) is 0 Å². The minimum Gasteiger partial charge on any atom is -0.466 e. The van der Waals surface area contributed by atoms with Crippen LogP contribution in [0.1, 0.15) is 76.7 Å². The highest BCUT2D eigenvalue weighted by atomic mass is 16.6. The quantitative estimate of drug-likeness (QED) is 0.512. The second-order valence-electron chi connectivity index (χ2n) is 9.80. The zero-order chi connectivity index (χ0) is 23.4. The second kappa shape index (κ2) is 9.71. The zero-order valence-electron chi connectivity index (χ0n) is 19.7. The van der Waals surface area contributed by atoms with Gasteiger partial charge < -0.3 is 19.1 Å². The van der Waals surface area contributed by atoms with Crippen LogP contribution in [0.3, 0.4) is 0 Å². The molecule has 1 saturated heterocycles. The molecular formula is C24H35NO6. The molecule has 0 saturated carbocycles. The zero-order valence-corrected chi connectivity index (χ0v) is 19.7. The van der Waals surface area contributed by atoms with E-state index in [2.05, 4.69) is 0 Å². The number of hydrogen-bond acceptors (Lipinski definition) is 6. The SMILES string of the molecule is CCOC(=O)C1CCN(C(=O)OC(C)(C)C)CC1c1ccc(C(=O)OC(C)(C)C)cc1. The number of amides is 1. The molecule has 1 amide bonds. The fraction of sp³-hybridized carbons (Fsp3) is 0.625. The van der Waals surface area contributed by atoms with E-state index in [1.807, 2.05) is 53.7 Å². The number of ether oxygens (including phenoxy) is 3. The lowest BCUT2D eigenvalue weighted by molar-refractivity contribution is -0.150. The summed E-state index contributed by atoms with van der Waals surface area (Å²) in [5, 5.41) is 0. The number of carbonyl (C=O) groups is 3. The predicted octanol–water partition coefficient (Wildman–Crippen LogP) is 4.55. The molecule has 1 fully saturated rings. The van der Waals surface area contributed by atoms with Gasteiger partial charge in [-0.1, -0.05) is 12.1 Å². The minimum atomic E-state index is -0.598. The molecule has 0 aliphatic carbocycles. The van der Waals surface area contributed by atoms with Gasteiger partial charge in [-0.2, -0.15) is 0 Å². The van der Waals surface area contributed by atoms with Crippen LogP contribution in [0.5, 0.6) is 0 Å². The standard InChI is InChI=1S/C24H35NO6/c1-8-29-21(27)18-13-14-25(22(28)31-24(5,6)7)15-19(18)16-9-11-17(12-10-16)20(26)30-23(2,3)4/h9-12,18-19H,8,13-15H2,1-7H3. The van der Waals surface area contributed by atoms with Crippen LogP contribution in [0, 0.1) is 5.92 Å². The summed E-state index contributed by atoms with van der Waals surface area (Å²) in [5.74, 6) is -1.30. The van der Waals surface area contributed by atoms with Crippen molar-refractivity contribution in [2.45, 2.75) is 72.0 Å². The Bertz CT molecular complexity index is 788. The summed E-state index contributed by atoms with van der Waals surface area (Å²) in [6, 6.07) is 7.01. The number of benzene rings is 1. The highest BCUT2D eigenvalue weighted by molar-refractivity contribution is 5.89. The summed E-state index contributed by atoms with van der Waals surface area (Å²) in [6.45, 7) is 13.8. The Morgan fingerprint density at radius 1 is 0.968 bits per heavy atom. The molecule has 172 valence electrons. The first kappa shape index (κ1) is 24.7. The van der Waals surface area contributed by atoms with Gasteiger partial charge >= 0.3 is 18.0 Å². The maximum absolute atomic E-state index is 12.6. The fourth-order valence-electron chi connectivity index (χ4n) is 3.52. The van der Waals surface area contributed by atoms with Crippen molar-refractivity contribution >= 4 is 18.0 Å². The first-order chi connectivity index (χ1) is 14.3. The molecule has 1 heterocycles. The maximum atomic E-state index is 12.6. The third kappa shape index (κ3) is 7.26. The van der Waals surface area contributed by atoms with Crippen LogP contribution in [0.2, 0.25) is 0 Å². The number of carbonyl (C=O) groups excluding carboxylic acids is 3. The Balaban J connectivity index is 2.24. The molecule has 1 aromatic carbocycles. The van der Waals surface area contributed by atoms with Crippen LogP contribution < -0.4 is 0 Å². The topological polar surface area (TPSA) is 82.1 Å². The number of nitrogens with zero attached hydrogens (tertiary/aromatic N) is 1. The molecule has 7 nitrogen and oxygen atoms in total. The fourth-order valence-corrected chi connectivity index (χ4v) is 3.52. The molecule has 0 bridgehead atoms. The van der Waals surface area contributed by atoms with Gasteiger partial charge in [0.05, 0.1) is 18.1 Å². The third-order valence-corrected chi connectivity index (χ3v) is 4.83. The Kier molecular flexibility index (Phi) is 7.73. The van der Waals surface area contributed by atoms with Gasteiger partial charge in [0.1, 0.15) is 11.2 Å². The van der Waals surface area contributed by atoms with Crippen molar-refractivity contribution in [3.05, 3.63) is 35.4 Å². The lowest BCUT2D eigenvalue weighted by Gasteiger charge is -2.38. The van der Waals surface area contributed by atoms with Gasteiger partial charge in [0.15, 0.2) is 0 Å². The largest absolute Gasteiger partial charge is 0.466 e. The Labute approximate surface area is 185 Å².